The Morgan fingerprint density at radius 2 is 2.05 bits per heavy atom. The van der Waals surface area contributed by atoms with E-state index in [0.717, 1.165) is 56.6 Å². The highest BCUT2D eigenvalue weighted by molar-refractivity contribution is 5.48. The molecule has 6 heteroatoms. The van der Waals surface area contributed by atoms with Crippen molar-refractivity contribution in [2.45, 2.75) is 31.7 Å². The van der Waals surface area contributed by atoms with Crippen molar-refractivity contribution in [3.63, 3.8) is 0 Å². The lowest BCUT2D eigenvalue weighted by Gasteiger charge is -2.37. The maximum Gasteiger partial charge on any atom is 0.134 e. The van der Waals surface area contributed by atoms with Crippen molar-refractivity contribution in [3.8, 4) is 0 Å². The van der Waals surface area contributed by atoms with Gasteiger partial charge in [0.05, 0.1) is 6.61 Å². The quantitative estimate of drug-likeness (QED) is 0.789. The molecule has 0 amide bonds. The Balaban J connectivity index is 1.52. The van der Waals surface area contributed by atoms with Gasteiger partial charge in [-0.05, 0) is 38.6 Å². The zero-order valence-electron chi connectivity index (χ0n) is 13.4. The lowest BCUT2D eigenvalue weighted by Crippen LogP contribution is -2.44. The standard InChI is InChI=1S/C16H27N5O/c1-20(8-9-22)14-4-6-21(7-5-14)16-10-15(18-12-19-16)17-11-13-2-3-13/h10,12-14,22H,2-9,11H2,1H3,(H,17,18,19). The Hall–Kier alpha value is -1.40. The van der Waals surface area contributed by atoms with Gasteiger partial charge in [-0.2, -0.15) is 0 Å². The molecule has 0 unspecified atom stereocenters. The molecule has 2 fully saturated rings. The fraction of sp³-hybridized carbons (Fsp3) is 0.750. The van der Waals surface area contributed by atoms with Gasteiger partial charge in [-0.15, -0.1) is 0 Å². The summed E-state index contributed by atoms with van der Waals surface area (Å²) in [6, 6.07) is 2.64. The van der Waals surface area contributed by atoms with E-state index in [0.29, 0.717) is 6.04 Å². The van der Waals surface area contributed by atoms with Crippen molar-refractivity contribution in [2.75, 3.05) is 50.1 Å². The summed E-state index contributed by atoms with van der Waals surface area (Å²) in [5.74, 6) is 2.81. The van der Waals surface area contributed by atoms with Crippen molar-refractivity contribution >= 4 is 11.6 Å². The lowest BCUT2D eigenvalue weighted by atomic mass is 10.0. The first-order valence-corrected chi connectivity index (χ1v) is 8.38. The maximum absolute atomic E-state index is 9.05. The van der Waals surface area contributed by atoms with E-state index < -0.39 is 0 Å². The van der Waals surface area contributed by atoms with E-state index in [1.807, 2.05) is 0 Å². The summed E-state index contributed by atoms with van der Waals surface area (Å²) < 4.78 is 0. The van der Waals surface area contributed by atoms with Gasteiger partial charge in [0.2, 0.25) is 0 Å². The zero-order valence-corrected chi connectivity index (χ0v) is 13.4. The van der Waals surface area contributed by atoms with E-state index in [1.54, 1.807) is 6.33 Å². The number of aromatic nitrogens is 2. The maximum atomic E-state index is 9.05. The van der Waals surface area contributed by atoms with Crippen LogP contribution in [0.15, 0.2) is 12.4 Å². The normalized spacial score (nSPS) is 19.7. The molecule has 1 saturated carbocycles. The molecule has 2 heterocycles. The molecule has 1 aliphatic carbocycles. The minimum Gasteiger partial charge on any atom is -0.395 e. The Labute approximate surface area is 132 Å². The third-order valence-corrected chi connectivity index (χ3v) is 4.79. The summed E-state index contributed by atoms with van der Waals surface area (Å²) in [5, 5.41) is 12.5. The van der Waals surface area contributed by atoms with Crippen molar-refractivity contribution < 1.29 is 5.11 Å². The molecule has 122 valence electrons. The van der Waals surface area contributed by atoms with Crippen LogP contribution in [-0.2, 0) is 0 Å². The summed E-state index contributed by atoms with van der Waals surface area (Å²) in [6.45, 7) is 4.05. The average molecular weight is 305 g/mol. The van der Waals surface area contributed by atoms with Gasteiger partial charge >= 0.3 is 0 Å². The van der Waals surface area contributed by atoms with Crippen molar-refractivity contribution in [3.05, 3.63) is 12.4 Å². The summed E-state index contributed by atoms with van der Waals surface area (Å²) in [6.07, 6.45) is 6.59. The second-order valence-electron chi connectivity index (χ2n) is 6.51. The Bertz CT molecular complexity index is 471. The third-order valence-electron chi connectivity index (χ3n) is 4.79. The summed E-state index contributed by atoms with van der Waals surface area (Å²) in [4.78, 5) is 13.4. The van der Waals surface area contributed by atoms with Gasteiger partial charge in [0.1, 0.15) is 18.0 Å². The molecular formula is C16H27N5O. The van der Waals surface area contributed by atoms with Crippen molar-refractivity contribution in [2.24, 2.45) is 5.92 Å². The second-order valence-corrected chi connectivity index (χ2v) is 6.51. The van der Waals surface area contributed by atoms with Gasteiger partial charge in [-0.1, -0.05) is 0 Å². The third kappa shape index (κ3) is 4.08. The van der Waals surface area contributed by atoms with E-state index in [9.17, 15) is 0 Å². The molecular weight excluding hydrogens is 278 g/mol. The fourth-order valence-corrected chi connectivity index (χ4v) is 3.06. The molecule has 0 bridgehead atoms. The molecule has 22 heavy (non-hydrogen) atoms. The second kappa shape index (κ2) is 7.24. The molecule has 6 nitrogen and oxygen atoms in total. The minimum atomic E-state index is 0.235. The number of piperidine rings is 1. The molecule has 0 spiro atoms. The molecule has 0 aromatic carbocycles. The van der Waals surface area contributed by atoms with Crippen LogP contribution < -0.4 is 10.2 Å². The molecule has 0 radical (unpaired) electrons. The highest BCUT2D eigenvalue weighted by atomic mass is 16.3. The predicted molar refractivity (Wildman–Crippen MR) is 88.2 cm³/mol. The lowest BCUT2D eigenvalue weighted by molar-refractivity contribution is 0.161. The molecule has 1 aromatic rings. The molecule has 1 aliphatic heterocycles. The van der Waals surface area contributed by atoms with Gasteiger partial charge in [-0.3, -0.25) is 0 Å². The van der Waals surface area contributed by atoms with Gasteiger partial charge in [-0.25, -0.2) is 9.97 Å². The first-order chi connectivity index (χ1) is 10.8. The number of nitrogens with one attached hydrogen (secondary N) is 1. The van der Waals surface area contributed by atoms with E-state index in [1.165, 1.54) is 12.8 Å². The topological polar surface area (TPSA) is 64.5 Å². The van der Waals surface area contributed by atoms with Crippen LogP contribution >= 0.6 is 0 Å². The van der Waals surface area contributed by atoms with Crippen molar-refractivity contribution in [1.29, 1.82) is 0 Å². The van der Waals surface area contributed by atoms with Gasteiger partial charge in [0.15, 0.2) is 0 Å². The van der Waals surface area contributed by atoms with Crippen LogP contribution in [0.2, 0.25) is 0 Å². The van der Waals surface area contributed by atoms with Crippen LogP contribution in [0.4, 0.5) is 11.6 Å². The molecule has 2 N–H and O–H groups in total. The number of aliphatic hydroxyl groups is 1. The summed E-state index contributed by atoms with van der Waals surface area (Å²) >= 11 is 0. The Kier molecular flexibility index (Phi) is 5.10. The van der Waals surface area contributed by atoms with Crippen LogP contribution in [0, 0.1) is 5.92 Å². The number of rotatable bonds is 7. The van der Waals surface area contributed by atoms with Crippen LogP contribution in [0.25, 0.3) is 0 Å². The van der Waals surface area contributed by atoms with E-state index >= 15 is 0 Å². The fourth-order valence-electron chi connectivity index (χ4n) is 3.06. The van der Waals surface area contributed by atoms with Gasteiger partial charge in [0.25, 0.3) is 0 Å². The van der Waals surface area contributed by atoms with Crippen LogP contribution in [0.3, 0.4) is 0 Å². The number of aliphatic hydroxyl groups excluding tert-OH is 1. The highest BCUT2D eigenvalue weighted by Crippen LogP contribution is 2.29. The molecule has 1 saturated heterocycles. The van der Waals surface area contributed by atoms with Crippen LogP contribution in [-0.4, -0.2) is 65.8 Å². The molecule has 2 aliphatic rings. The number of hydrogen-bond acceptors (Lipinski definition) is 6. The average Bonchev–Trinajstić information content (AvgIpc) is 3.38. The first kappa shape index (κ1) is 15.5. The minimum absolute atomic E-state index is 0.235. The molecule has 1 aromatic heterocycles. The zero-order chi connectivity index (χ0) is 15.4. The number of hydrogen-bond donors (Lipinski definition) is 2. The van der Waals surface area contributed by atoms with Crippen LogP contribution in [0.5, 0.6) is 0 Å². The highest BCUT2D eigenvalue weighted by Gasteiger charge is 2.24. The van der Waals surface area contributed by atoms with Crippen LogP contribution in [0.1, 0.15) is 25.7 Å². The van der Waals surface area contributed by atoms with E-state index in [4.69, 9.17) is 5.11 Å². The molecule has 3 rings (SSSR count). The Morgan fingerprint density at radius 1 is 1.27 bits per heavy atom. The number of anilines is 2. The van der Waals surface area contributed by atoms with Gasteiger partial charge in [0, 0.05) is 38.3 Å². The van der Waals surface area contributed by atoms with E-state index in [-0.39, 0.29) is 6.61 Å². The predicted octanol–water partition coefficient (Wildman–Crippen LogP) is 1.19. The largest absolute Gasteiger partial charge is 0.395 e. The summed E-state index contributed by atoms with van der Waals surface area (Å²) in [5.41, 5.74) is 0. The smallest absolute Gasteiger partial charge is 0.134 e. The molecule has 0 atom stereocenters. The van der Waals surface area contributed by atoms with Crippen molar-refractivity contribution in [1.82, 2.24) is 14.9 Å². The van der Waals surface area contributed by atoms with E-state index in [2.05, 4.69) is 38.2 Å². The van der Waals surface area contributed by atoms with Gasteiger partial charge < -0.3 is 20.2 Å². The summed E-state index contributed by atoms with van der Waals surface area (Å²) in [7, 11) is 2.10. The Morgan fingerprint density at radius 3 is 2.73 bits per heavy atom. The SMILES string of the molecule is CN(CCO)C1CCN(c2cc(NCC3CC3)ncn2)CC1. The monoisotopic (exact) mass is 305 g/mol. The number of nitrogens with zero attached hydrogens (tertiary/aromatic N) is 4. The first-order valence-electron chi connectivity index (χ1n) is 8.38. The number of likely N-dealkylation sites (N-methyl/N-ethyl adjacent to an activating group) is 1.